The molecule has 0 amide bonds. The molecule has 0 aliphatic heterocycles. The molecule has 0 fully saturated rings. The van der Waals surface area contributed by atoms with E-state index < -0.39 is 0 Å². The molecule has 2 aromatic carbocycles. The zero-order valence-electron chi connectivity index (χ0n) is 18.6. The average Bonchev–Trinajstić information content (AvgIpc) is 2.79. The number of benzene rings is 2. The van der Waals surface area contributed by atoms with Crippen molar-refractivity contribution >= 4 is 16.9 Å². The molecule has 0 spiro atoms. The molecule has 31 heavy (non-hydrogen) atoms. The van der Waals surface area contributed by atoms with Crippen LogP contribution in [0.25, 0.3) is 0 Å². The molecule has 0 saturated heterocycles. The minimum absolute atomic E-state index is 0.0583. The van der Waals surface area contributed by atoms with Crippen LogP contribution in [0.15, 0.2) is 54.6 Å². The van der Waals surface area contributed by atoms with Crippen LogP contribution in [-0.4, -0.2) is 28.7 Å². The Hall–Kier alpha value is -1.82. The molecule has 0 bridgehead atoms. The van der Waals surface area contributed by atoms with E-state index in [-0.39, 0.29) is 17.0 Å². The maximum absolute atomic E-state index is 12.2. The Morgan fingerprint density at radius 2 is 1.55 bits per heavy atom. The standard InChI is InChI=1S/C26H36O4S/c1-2-3-4-5-6-7-11-14-26(28)31-25(19-27)21-29-20-22-15-17-24(18-16-22)30-23-12-9-8-10-13-23/h8-10,12-13,15-18,25,27H,2-7,11,14,19-21H2,1H3/t25-/m0/s1. The van der Waals surface area contributed by atoms with E-state index in [9.17, 15) is 9.90 Å². The van der Waals surface area contributed by atoms with Crippen molar-refractivity contribution in [3.63, 3.8) is 0 Å². The highest BCUT2D eigenvalue weighted by molar-refractivity contribution is 8.14. The molecular weight excluding hydrogens is 408 g/mol. The Morgan fingerprint density at radius 1 is 0.903 bits per heavy atom. The van der Waals surface area contributed by atoms with E-state index >= 15 is 0 Å². The number of thioether (sulfide) groups is 1. The lowest BCUT2D eigenvalue weighted by Crippen LogP contribution is -2.18. The summed E-state index contributed by atoms with van der Waals surface area (Å²) in [6.07, 6.45) is 8.96. The van der Waals surface area contributed by atoms with Crippen LogP contribution < -0.4 is 4.74 Å². The fraction of sp³-hybridized carbons (Fsp3) is 0.500. The van der Waals surface area contributed by atoms with E-state index in [1.165, 1.54) is 43.9 Å². The Labute approximate surface area is 191 Å². The van der Waals surface area contributed by atoms with Gasteiger partial charge in [-0.3, -0.25) is 4.79 Å². The number of carbonyl (C=O) groups is 1. The monoisotopic (exact) mass is 444 g/mol. The van der Waals surface area contributed by atoms with Crippen molar-refractivity contribution in [1.29, 1.82) is 0 Å². The highest BCUT2D eigenvalue weighted by Crippen LogP contribution is 2.22. The number of ether oxygens (including phenoxy) is 2. The average molecular weight is 445 g/mol. The van der Waals surface area contributed by atoms with Gasteiger partial charge in [0.05, 0.1) is 25.1 Å². The van der Waals surface area contributed by atoms with Gasteiger partial charge >= 0.3 is 0 Å². The van der Waals surface area contributed by atoms with E-state index in [4.69, 9.17) is 9.47 Å². The molecule has 0 unspecified atom stereocenters. The molecular formula is C26H36O4S. The van der Waals surface area contributed by atoms with Crippen molar-refractivity contribution in [2.24, 2.45) is 0 Å². The van der Waals surface area contributed by atoms with Gasteiger partial charge in [0.25, 0.3) is 0 Å². The van der Waals surface area contributed by atoms with Crippen LogP contribution in [0.5, 0.6) is 11.5 Å². The van der Waals surface area contributed by atoms with Crippen LogP contribution in [0.1, 0.15) is 63.9 Å². The quantitative estimate of drug-likeness (QED) is 0.290. The number of aliphatic hydroxyl groups excluding tert-OH is 1. The summed E-state index contributed by atoms with van der Waals surface area (Å²) in [6, 6.07) is 17.4. The third kappa shape index (κ3) is 11.4. The van der Waals surface area contributed by atoms with Gasteiger partial charge in [-0.2, -0.15) is 0 Å². The molecule has 1 N–H and O–H groups in total. The molecule has 1 atom stereocenters. The molecule has 0 aliphatic carbocycles. The summed E-state index contributed by atoms with van der Waals surface area (Å²) in [6.45, 7) is 2.95. The van der Waals surface area contributed by atoms with Gasteiger partial charge in [0.1, 0.15) is 11.5 Å². The van der Waals surface area contributed by atoms with Crippen LogP contribution in [0.2, 0.25) is 0 Å². The number of rotatable bonds is 16. The first kappa shape index (κ1) is 25.4. The van der Waals surface area contributed by atoms with Crippen LogP contribution in [0.4, 0.5) is 0 Å². The highest BCUT2D eigenvalue weighted by Gasteiger charge is 2.14. The number of para-hydroxylation sites is 1. The molecule has 4 nitrogen and oxygen atoms in total. The van der Waals surface area contributed by atoms with Gasteiger partial charge in [0.2, 0.25) is 0 Å². The summed E-state index contributed by atoms with van der Waals surface area (Å²) in [5.74, 6) is 1.57. The predicted molar refractivity (Wildman–Crippen MR) is 129 cm³/mol. The van der Waals surface area contributed by atoms with Crippen LogP contribution in [-0.2, 0) is 16.1 Å². The number of unbranched alkanes of at least 4 members (excludes halogenated alkanes) is 6. The first-order chi connectivity index (χ1) is 15.2. The third-order valence-corrected chi connectivity index (χ3v) is 6.05. The smallest absolute Gasteiger partial charge is 0.189 e. The summed E-state index contributed by atoms with van der Waals surface area (Å²) in [4.78, 5) is 12.2. The lowest BCUT2D eigenvalue weighted by Gasteiger charge is -2.13. The largest absolute Gasteiger partial charge is 0.457 e. The second-order valence-electron chi connectivity index (χ2n) is 7.74. The lowest BCUT2D eigenvalue weighted by molar-refractivity contribution is -0.111. The van der Waals surface area contributed by atoms with Crippen molar-refractivity contribution in [3.8, 4) is 11.5 Å². The maximum atomic E-state index is 12.2. The first-order valence-corrected chi connectivity index (χ1v) is 12.3. The van der Waals surface area contributed by atoms with Crippen molar-refractivity contribution in [3.05, 3.63) is 60.2 Å². The van der Waals surface area contributed by atoms with Crippen LogP contribution in [0, 0.1) is 0 Å². The zero-order chi connectivity index (χ0) is 22.2. The number of carbonyl (C=O) groups excluding carboxylic acids is 1. The Morgan fingerprint density at radius 3 is 2.23 bits per heavy atom. The minimum Gasteiger partial charge on any atom is -0.457 e. The van der Waals surface area contributed by atoms with Crippen molar-refractivity contribution in [2.75, 3.05) is 13.2 Å². The van der Waals surface area contributed by atoms with Gasteiger partial charge in [0, 0.05) is 6.42 Å². The Bertz CT molecular complexity index is 718. The fourth-order valence-corrected chi connectivity index (χ4v) is 4.05. The summed E-state index contributed by atoms with van der Waals surface area (Å²) in [7, 11) is 0. The predicted octanol–water partition coefficient (Wildman–Crippen LogP) is 6.76. The number of hydrogen-bond acceptors (Lipinski definition) is 5. The molecule has 2 rings (SSSR count). The number of hydrogen-bond donors (Lipinski definition) is 1. The molecule has 0 aliphatic rings. The zero-order valence-corrected chi connectivity index (χ0v) is 19.4. The van der Waals surface area contributed by atoms with E-state index in [1.807, 2.05) is 54.6 Å². The summed E-state index contributed by atoms with van der Waals surface area (Å²) < 4.78 is 11.5. The second-order valence-corrected chi connectivity index (χ2v) is 9.10. The van der Waals surface area contributed by atoms with Crippen LogP contribution >= 0.6 is 11.8 Å². The second kappa shape index (κ2) is 15.9. The van der Waals surface area contributed by atoms with Crippen LogP contribution in [0.3, 0.4) is 0 Å². The van der Waals surface area contributed by atoms with E-state index in [1.54, 1.807) is 0 Å². The summed E-state index contributed by atoms with van der Waals surface area (Å²) in [5, 5.41) is 9.51. The van der Waals surface area contributed by atoms with Crippen molar-refractivity contribution in [2.45, 2.75) is 70.1 Å². The van der Waals surface area contributed by atoms with Gasteiger partial charge in [-0.1, -0.05) is 87.5 Å². The van der Waals surface area contributed by atoms with Crippen molar-refractivity contribution in [1.82, 2.24) is 0 Å². The van der Waals surface area contributed by atoms with Gasteiger partial charge in [-0.05, 0) is 36.2 Å². The van der Waals surface area contributed by atoms with Crippen molar-refractivity contribution < 1.29 is 19.4 Å². The Balaban J connectivity index is 1.60. The van der Waals surface area contributed by atoms with Gasteiger partial charge in [0.15, 0.2) is 5.12 Å². The van der Waals surface area contributed by atoms with Gasteiger partial charge in [-0.15, -0.1) is 0 Å². The van der Waals surface area contributed by atoms with E-state index in [0.29, 0.717) is 19.6 Å². The highest BCUT2D eigenvalue weighted by atomic mass is 32.2. The Kier molecular flexibility index (Phi) is 13.1. The molecule has 2 aromatic rings. The molecule has 0 heterocycles. The number of aliphatic hydroxyl groups is 1. The van der Waals surface area contributed by atoms with E-state index in [2.05, 4.69) is 6.92 Å². The van der Waals surface area contributed by atoms with Gasteiger partial charge < -0.3 is 14.6 Å². The molecule has 0 aromatic heterocycles. The molecule has 0 radical (unpaired) electrons. The summed E-state index contributed by atoms with van der Waals surface area (Å²) in [5.41, 5.74) is 1.02. The third-order valence-electron chi connectivity index (χ3n) is 4.96. The summed E-state index contributed by atoms with van der Waals surface area (Å²) >= 11 is 1.22. The molecule has 170 valence electrons. The first-order valence-electron chi connectivity index (χ1n) is 11.4. The van der Waals surface area contributed by atoms with Gasteiger partial charge in [-0.25, -0.2) is 0 Å². The van der Waals surface area contributed by atoms with E-state index in [0.717, 1.165) is 29.9 Å². The fourth-order valence-electron chi connectivity index (χ4n) is 3.18. The topological polar surface area (TPSA) is 55.8 Å². The SMILES string of the molecule is CCCCCCCCCC(=O)S[C@@H](CO)COCc1ccc(Oc2ccccc2)cc1. The maximum Gasteiger partial charge on any atom is 0.189 e. The molecule has 0 saturated carbocycles. The normalized spacial score (nSPS) is 11.9. The minimum atomic E-state index is -0.210. The molecule has 5 heteroatoms. The lowest BCUT2D eigenvalue weighted by atomic mass is 10.1.